The number of halogens is 5. The molecular formula is C29H41Cl5N2. The third kappa shape index (κ3) is 9.44. The molecule has 3 aromatic rings. The van der Waals surface area contributed by atoms with E-state index in [9.17, 15) is 0 Å². The van der Waals surface area contributed by atoms with Gasteiger partial charge < -0.3 is 12.4 Å². The first-order valence-corrected chi connectivity index (χ1v) is 14.3. The van der Waals surface area contributed by atoms with E-state index >= 15 is 0 Å². The van der Waals surface area contributed by atoms with E-state index in [2.05, 4.69) is 120 Å². The predicted molar refractivity (Wildman–Crippen MR) is 157 cm³/mol. The first-order valence-electron chi connectivity index (χ1n) is 12.1. The Morgan fingerprint density at radius 1 is 0.639 bits per heavy atom. The zero-order valence-corrected chi connectivity index (χ0v) is 26.5. The van der Waals surface area contributed by atoms with Crippen molar-refractivity contribution in [2.75, 3.05) is 10.7 Å². The van der Waals surface area contributed by atoms with Gasteiger partial charge in [0.05, 0.1) is 10.7 Å². The average Bonchev–Trinajstić information content (AvgIpc) is 3.28. The zero-order chi connectivity index (χ0) is 26.7. The van der Waals surface area contributed by atoms with Crippen molar-refractivity contribution in [3.63, 3.8) is 0 Å². The summed E-state index contributed by atoms with van der Waals surface area (Å²) < 4.78 is 4.65. The lowest BCUT2D eigenvalue weighted by molar-refractivity contribution is -0.596. The average molecular weight is 595 g/mol. The highest BCUT2D eigenvalue weighted by Gasteiger charge is 2.23. The van der Waals surface area contributed by atoms with Gasteiger partial charge in [-0.3, -0.25) is 0 Å². The minimum Gasteiger partial charge on any atom is -1.00 e. The van der Waals surface area contributed by atoms with Crippen LogP contribution >= 0.6 is 46.4 Å². The van der Waals surface area contributed by atoms with E-state index in [4.69, 9.17) is 46.4 Å². The topological polar surface area (TPSA) is 8.81 Å². The van der Waals surface area contributed by atoms with Gasteiger partial charge in [0.2, 0.25) is 0 Å². The second kappa shape index (κ2) is 17.6. The van der Waals surface area contributed by atoms with Crippen LogP contribution in [0.4, 0.5) is 0 Å². The lowest BCUT2D eigenvalue weighted by Gasteiger charge is -2.17. The molecule has 0 aliphatic heterocycles. The van der Waals surface area contributed by atoms with Crippen LogP contribution in [-0.2, 0) is 0 Å². The maximum absolute atomic E-state index is 4.76. The Morgan fingerprint density at radius 2 is 0.972 bits per heavy atom. The van der Waals surface area contributed by atoms with Gasteiger partial charge in [-0.05, 0) is 23.7 Å². The van der Waals surface area contributed by atoms with Crippen molar-refractivity contribution in [2.24, 2.45) is 0 Å². The molecule has 7 heteroatoms. The van der Waals surface area contributed by atoms with Crippen molar-refractivity contribution in [3.05, 3.63) is 77.4 Å². The third-order valence-electron chi connectivity index (χ3n) is 5.84. The van der Waals surface area contributed by atoms with Crippen LogP contribution in [0.25, 0.3) is 11.4 Å². The van der Waals surface area contributed by atoms with Gasteiger partial charge in [0.25, 0.3) is 6.33 Å². The number of hydrogen-bond acceptors (Lipinski definition) is 0. The zero-order valence-electron chi connectivity index (χ0n) is 22.7. The number of rotatable bonds is 6. The highest BCUT2D eigenvalue weighted by atomic mass is 35.5. The number of benzene rings is 2. The van der Waals surface area contributed by atoms with E-state index in [1.165, 1.54) is 33.6 Å². The van der Waals surface area contributed by atoms with Crippen molar-refractivity contribution in [2.45, 2.75) is 79.1 Å². The molecule has 0 aliphatic rings. The molecule has 2 nitrogen and oxygen atoms in total. The molecule has 0 saturated heterocycles. The maximum atomic E-state index is 4.76. The number of hydrogen-bond donors (Lipinski definition) is 0. The lowest BCUT2D eigenvalue weighted by Crippen LogP contribution is -3.00. The predicted octanol–water partition coefficient (Wildman–Crippen LogP) is 7.09. The maximum Gasteiger partial charge on any atom is 0.254 e. The Kier molecular flexibility index (Phi) is 17.1. The highest BCUT2D eigenvalue weighted by molar-refractivity contribution is 6.41. The van der Waals surface area contributed by atoms with Crippen LogP contribution in [0.5, 0.6) is 0 Å². The summed E-state index contributed by atoms with van der Waals surface area (Å²) in [6.07, 6.45) is 6.70. The number of para-hydroxylation sites is 2. The van der Waals surface area contributed by atoms with Crippen LogP contribution in [0.15, 0.2) is 55.1 Å². The second-order valence-corrected chi connectivity index (χ2v) is 11.2. The molecular weight excluding hydrogens is 554 g/mol. The van der Waals surface area contributed by atoms with Gasteiger partial charge in [0.15, 0.2) is 0 Å². The van der Waals surface area contributed by atoms with Crippen LogP contribution in [-0.4, -0.2) is 15.2 Å². The monoisotopic (exact) mass is 592 g/mol. The molecule has 0 aliphatic carbocycles. The normalized spacial score (nSPS) is 10.7. The second-order valence-electron chi connectivity index (χ2n) is 9.62. The lowest BCUT2D eigenvalue weighted by atomic mass is 9.92. The molecule has 36 heavy (non-hydrogen) atoms. The van der Waals surface area contributed by atoms with Crippen molar-refractivity contribution in [1.29, 1.82) is 0 Å². The summed E-state index contributed by atoms with van der Waals surface area (Å²) in [6, 6.07) is 13.5. The van der Waals surface area contributed by atoms with Crippen LogP contribution in [0.2, 0.25) is 0 Å². The molecule has 0 N–H and O–H groups in total. The van der Waals surface area contributed by atoms with Gasteiger partial charge >= 0.3 is 0 Å². The van der Waals surface area contributed by atoms with E-state index in [1.807, 2.05) is 0 Å². The van der Waals surface area contributed by atoms with E-state index in [0.29, 0.717) is 23.7 Å². The fourth-order valence-corrected chi connectivity index (χ4v) is 4.24. The molecule has 3 rings (SSSR count). The Bertz CT molecular complexity index is 894. The van der Waals surface area contributed by atoms with Gasteiger partial charge in [-0.1, -0.05) is 91.8 Å². The summed E-state index contributed by atoms with van der Waals surface area (Å²) in [5, 5.41) is 0.389. The minimum absolute atomic E-state index is 0. The fraction of sp³-hybridized carbons (Fsp3) is 0.483. The molecule has 0 saturated carbocycles. The molecule has 2 aromatic carbocycles. The quantitative estimate of drug-likeness (QED) is 0.213. The molecule has 1 aromatic heterocycles. The van der Waals surface area contributed by atoms with E-state index in [1.54, 1.807) is 0 Å². The molecule has 0 fully saturated rings. The SMILES string of the molecule is CC(C)c1cccc(C(C)C)c1-n1cc[n+](-c2c(C(C)C)cccc2C(C)C)c1.ClCCl.ClCCl.[Cl-]. The minimum atomic E-state index is 0. The Hall–Kier alpha value is -0.900. The summed E-state index contributed by atoms with van der Waals surface area (Å²) in [7, 11) is 0. The van der Waals surface area contributed by atoms with E-state index in [0.717, 1.165) is 0 Å². The molecule has 0 bridgehead atoms. The smallest absolute Gasteiger partial charge is 0.254 e. The first kappa shape index (κ1) is 35.1. The molecule has 0 radical (unpaired) electrons. The van der Waals surface area contributed by atoms with Crippen molar-refractivity contribution in [3.8, 4) is 11.4 Å². The summed E-state index contributed by atoms with van der Waals surface area (Å²) in [5.41, 5.74) is 8.29. The summed E-state index contributed by atoms with van der Waals surface area (Å²) in [6.45, 7) is 18.3. The molecule has 0 spiro atoms. The highest BCUT2D eigenvalue weighted by Crippen LogP contribution is 2.32. The van der Waals surface area contributed by atoms with E-state index in [-0.39, 0.29) is 23.1 Å². The summed E-state index contributed by atoms with van der Waals surface area (Å²) >= 11 is 19.1. The third-order valence-corrected chi connectivity index (χ3v) is 5.84. The fourth-order valence-electron chi connectivity index (χ4n) is 4.24. The van der Waals surface area contributed by atoms with Crippen molar-refractivity contribution >= 4 is 46.4 Å². The van der Waals surface area contributed by atoms with E-state index < -0.39 is 0 Å². The van der Waals surface area contributed by atoms with Gasteiger partial charge in [-0.25, -0.2) is 9.13 Å². The van der Waals surface area contributed by atoms with Crippen molar-refractivity contribution in [1.82, 2.24) is 4.57 Å². The van der Waals surface area contributed by atoms with Gasteiger partial charge in [-0.15, -0.1) is 46.4 Å². The summed E-state index contributed by atoms with van der Waals surface area (Å²) in [5.74, 6) is 1.92. The van der Waals surface area contributed by atoms with Gasteiger partial charge in [-0.2, -0.15) is 0 Å². The van der Waals surface area contributed by atoms with Crippen molar-refractivity contribution < 1.29 is 17.0 Å². The number of aromatic nitrogens is 2. The number of alkyl halides is 4. The van der Waals surface area contributed by atoms with Crippen LogP contribution in [0.1, 0.15) is 101 Å². The largest absolute Gasteiger partial charge is 1.00 e. The van der Waals surface area contributed by atoms with Crippen LogP contribution in [0.3, 0.4) is 0 Å². The van der Waals surface area contributed by atoms with Crippen LogP contribution < -0.4 is 17.0 Å². The molecule has 1 heterocycles. The Balaban J connectivity index is 0.00000159. The molecule has 0 atom stereocenters. The van der Waals surface area contributed by atoms with Gasteiger partial charge in [0.1, 0.15) is 23.8 Å². The Morgan fingerprint density at radius 3 is 1.31 bits per heavy atom. The number of nitrogens with zero attached hydrogens (tertiary/aromatic N) is 2. The summed E-state index contributed by atoms with van der Waals surface area (Å²) in [4.78, 5) is 0. The Labute approximate surface area is 245 Å². The molecule has 0 unspecified atom stereocenters. The molecule has 0 amide bonds. The first-order chi connectivity index (χ1) is 16.5. The van der Waals surface area contributed by atoms with Crippen LogP contribution in [0, 0.1) is 0 Å². The standard InChI is InChI=1S/C27H37N2.2CH2Cl2.ClH/c1-18(2)22-11-9-12-23(19(3)4)26(22)28-15-16-29(17-28)27-24(20(5)6)13-10-14-25(27)21(7)8;2*2-1-3;/h9-21H,1-8H3;2*1H2;1H/q+1;;;/p-1. The molecule has 202 valence electrons. The number of imidazole rings is 1. The van der Waals surface area contributed by atoms with Gasteiger partial charge in [0, 0.05) is 22.3 Å².